The summed E-state index contributed by atoms with van der Waals surface area (Å²) in [5, 5.41) is 21.4. The zero-order chi connectivity index (χ0) is 37.3. The number of aromatic hydroxyl groups is 1. The number of rotatable bonds is 17. The highest BCUT2D eigenvalue weighted by Crippen LogP contribution is 2.14. The fraction of sp³-hybridized carbons (Fsp3) is 0.636. The van der Waals surface area contributed by atoms with Gasteiger partial charge in [-0.3, -0.25) is 24.6 Å². The predicted molar refractivity (Wildman–Crippen MR) is 191 cm³/mol. The van der Waals surface area contributed by atoms with Gasteiger partial charge in [0.05, 0.1) is 18.1 Å². The van der Waals surface area contributed by atoms with Gasteiger partial charge < -0.3 is 35.8 Å². The topological polar surface area (TPSA) is 204 Å². The van der Waals surface area contributed by atoms with E-state index in [-0.39, 0.29) is 53.9 Å². The van der Waals surface area contributed by atoms with E-state index in [9.17, 15) is 33.9 Å². The third kappa shape index (κ3) is 17.4. The van der Waals surface area contributed by atoms with Gasteiger partial charge >= 0.3 is 12.2 Å². The highest BCUT2D eigenvalue weighted by molar-refractivity contribution is 14.1. The monoisotopic (exact) mass is 804 g/mol. The van der Waals surface area contributed by atoms with Crippen molar-refractivity contribution in [3.05, 3.63) is 29.8 Å². The molecule has 0 aliphatic heterocycles. The molecule has 6 N–H and O–H groups in total. The van der Waals surface area contributed by atoms with E-state index >= 15 is 0 Å². The van der Waals surface area contributed by atoms with Gasteiger partial charge in [-0.1, -0.05) is 62.4 Å². The summed E-state index contributed by atoms with van der Waals surface area (Å²) in [7, 11) is 1.25. The van der Waals surface area contributed by atoms with Crippen LogP contribution in [-0.2, 0) is 35.2 Å². The number of hydrazine groups is 1. The zero-order valence-corrected chi connectivity index (χ0v) is 31.8. The Labute approximate surface area is 302 Å². The normalized spacial score (nSPS) is 13.0. The molecule has 15 nitrogen and oxygen atoms in total. The van der Waals surface area contributed by atoms with Crippen molar-refractivity contribution in [2.45, 2.75) is 104 Å². The van der Waals surface area contributed by atoms with Crippen LogP contribution >= 0.6 is 22.6 Å². The summed E-state index contributed by atoms with van der Waals surface area (Å²) >= 11 is 1.89. The fourth-order valence-corrected chi connectivity index (χ4v) is 4.88. The molecule has 1 rings (SSSR count). The van der Waals surface area contributed by atoms with Crippen LogP contribution < -0.4 is 26.7 Å². The number of phenols is 1. The molecule has 16 heteroatoms. The molecule has 49 heavy (non-hydrogen) atoms. The number of nitrogens with zero attached hydrogens (tertiary/aromatic N) is 1. The lowest BCUT2D eigenvalue weighted by atomic mass is 10.0. The molecule has 0 fully saturated rings. The van der Waals surface area contributed by atoms with Gasteiger partial charge in [-0.2, -0.15) is 0 Å². The summed E-state index contributed by atoms with van der Waals surface area (Å²) in [5.74, 6) is -2.61. The number of halogens is 1. The molecular formula is C33H53IN6O9. The largest absolute Gasteiger partial charge is 0.508 e. The average Bonchev–Trinajstić information content (AvgIpc) is 3.01. The van der Waals surface area contributed by atoms with E-state index in [1.807, 2.05) is 36.4 Å². The minimum atomic E-state index is -1.11. The van der Waals surface area contributed by atoms with Gasteiger partial charge in [0.15, 0.2) is 0 Å². The van der Waals surface area contributed by atoms with Gasteiger partial charge in [0.2, 0.25) is 11.8 Å². The number of alkyl halides is 1. The van der Waals surface area contributed by atoms with Crippen molar-refractivity contribution in [2.75, 3.05) is 18.1 Å². The summed E-state index contributed by atoms with van der Waals surface area (Å²) in [6.45, 7) is 12.6. The number of carbonyl (C=O) groups excluding carboxylic acids is 6. The Hall–Kier alpha value is -3.83. The van der Waals surface area contributed by atoms with Gasteiger partial charge in [0.25, 0.3) is 11.8 Å². The number of hydrogen-bond donors (Lipinski definition) is 6. The Morgan fingerprint density at radius 2 is 1.47 bits per heavy atom. The number of benzene rings is 1. The molecule has 276 valence electrons. The second kappa shape index (κ2) is 21.3. The van der Waals surface area contributed by atoms with Crippen LogP contribution in [0.2, 0.25) is 0 Å². The van der Waals surface area contributed by atoms with Crippen molar-refractivity contribution in [3.8, 4) is 5.75 Å². The zero-order valence-electron chi connectivity index (χ0n) is 29.7. The standard InChI is InChI=1S/C33H53IN6O9/c1-20(2)17-25(29(44)39-40(26(42)18-34)19-22-12-14-23(41)15-13-22)37-28(43)24(11-9-10-16-35-31(46)48-8)36-30(45)27(21(3)4)38-32(47)49-33(5,6)7/h12-15,20-21,24-25,27,41H,9-11,16-19H2,1-8H3,(H,35,46)(H,36,45)(H,37,43)(H,38,47)(H,39,44)/t24-,25-,27-/m0/s1. The van der Waals surface area contributed by atoms with E-state index in [0.29, 0.717) is 18.4 Å². The van der Waals surface area contributed by atoms with Crippen LogP contribution in [-0.4, -0.2) is 87.7 Å². The number of phenolic OH excluding ortho intramolecular Hbond substituents is 1. The first kappa shape index (κ1) is 43.2. The van der Waals surface area contributed by atoms with Crippen molar-refractivity contribution in [3.63, 3.8) is 0 Å². The molecule has 0 saturated carbocycles. The molecule has 0 unspecified atom stereocenters. The van der Waals surface area contributed by atoms with E-state index in [1.165, 1.54) is 19.2 Å². The number of nitrogens with one attached hydrogen (secondary N) is 5. The first-order chi connectivity index (χ1) is 22.9. The molecule has 0 heterocycles. The summed E-state index contributed by atoms with van der Waals surface area (Å²) in [6, 6.07) is 2.97. The summed E-state index contributed by atoms with van der Waals surface area (Å²) in [4.78, 5) is 77.6. The predicted octanol–water partition coefficient (Wildman–Crippen LogP) is 3.28. The maximum absolute atomic E-state index is 13.8. The van der Waals surface area contributed by atoms with Crippen LogP contribution in [0.15, 0.2) is 24.3 Å². The molecule has 0 bridgehead atoms. The van der Waals surface area contributed by atoms with E-state index in [4.69, 9.17) is 4.74 Å². The number of methoxy groups -OCH3 is 1. The molecule has 1 aromatic rings. The lowest BCUT2D eigenvalue weighted by molar-refractivity contribution is -0.142. The number of amides is 6. The van der Waals surface area contributed by atoms with Crippen LogP contribution in [0.25, 0.3) is 0 Å². The third-order valence-corrected chi connectivity index (χ3v) is 7.56. The Morgan fingerprint density at radius 3 is 2.00 bits per heavy atom. The van der Waals surface area contributed by atoms with Gasteiger partial charge in [0, 0.05) is 6.54 Å². The Kier molecular flexibility index (Phi) is 18.8. The Bertz CT molecular complexity index is 1250. The molecule has 6 amide bonds. The Balaban J connectivity index is 3.22. The SMILES string of the molecule is COC(=O)NCCCC[C@H](NC(=O)[C@@H](NC(=O)OC(C)(C)C)C(C)C)C(=O)N[C@@H](CC(C)C)C(=O)NN(Cc1ccc(O)cc1)C(=O)CI. The third-order valence-electron chi connectivity index (χ3n) is 6.91. The number of unbranched alkanes of at least 4 members (excludes halogenated alkanes) is 1. The molecule has 1 aromatic carbocycles. The van der Waals surface area contributed by atoms with Crippen molar-refractivity contribution in [1.29, 1.82) is 0 Å². The lowest BCUT2D eigenvalue weighted by Crippen LogP contribution is -2.59. The summed E-state index contributed by atoms with van der Waals surface area (Å²) in [6.07, 6.45) is -0.157. The van der Waals surface area contributed by atoms with Gasteiger partial charge in [-0.05, 0) is 76.0 Å². The molecule has 0 aromatic heterocycles. The Morgan fingerprint density at radius 1 is 0.857 bits per heavy atom. The second-order valence-corrected chi connectivity index (χ2v) is 14.1. The van der Waals surface area contributed by atoms with Gasteiger partial charge in [-0.15, -0.1) is 0 Å². The van der Waals surface area contributed by atoms with Crippen LogP contribution in [0.3, 0.4) is 0 Å². The summed E-state index contributed by atoms with van der Waals surface area (Å²) in [5.41, 5.74) is 2.49. The number of alkyl carbamates (subject to hydrolysis) is 2. The van der Waals surface area contributed by atoms with Gasteiger partial charge in [0.1, 0.15) is 29.5 Å². The van der Waals surface area contributed by atoms with E-state index in [1.54, 1.807) is 46.8 Å². The molecule has 0 aliphatic carbocycles. The number of hydrogen-bond acceptors (Lipinski definition) is 9. The first-order valence-corrected chi connectivity index (χ1v) is 17.8. The van der Waals surface area contributed by atoms with Crippen molar-refractivity contribution >= 4 is 58.4 Å². The minimum absolute atomic E-state index is 0.0235. The lowest BCUT2D eigenvalue weighted by Gasteiger charge is -2.29. The van der Waals surface area contributed by atoms with Crippen molar-refractivity contribution < 1.29 is 43.3 Å². The summed E-state index contributed by atoms with van der Waals surface area (Å²) < 4.78 is 9.97. The average molecular weight is 805 g/mol. The fourth-order valence-electron chi connectivity index (χ4n) is 4.47. The highest BCUT2D eigenvalue weighted by atomic mass is 127. The second-order valence-electron chi connectivity index (χ2n) is 13.3. The minimum Gasteiger partial charge on any atom is -0.508 e. The molecule has 0 radical (unpaired) electrons. The maximum Gasteiger partial charge on any atom is 0.408 e. The molecule has 0 saturated heterocycles. The van der Waals surface area contributed by atoms with Crippen LogP contribution in [0, 0.1) is 11.8 Å². The molecule has 0 aliphatic rings. The van der Waals surface area contributed by atoms with Crippen LogP contribution in [0.5, 0.6) is 5.75 Å². The smallest absolute Gasteiger partial charge is 0.408 e. The number of carbonyl (C=O) groups is 6. The van der Waals surface area contributed by atoms with E-state index in [0.717, 1.165) is 5.01 Å². The van der Waals surface area contributed by atoms with E-state index in [2.05, 4.69) is 31.4 Å². The molecule has 0 spiro atoms. The van der Waals surface area contributed by atoms with Crippen molar-refractivity contribution in [2.24, 2.45) is 11.8 Å². The molecule has 3 atom stereocenters. The maximum atomic E-state index is 13.8. The molecular weight excluding hydrogens is 751 g/mol. The van der Waals surface area contributed by atoms with Crippen LogP contribution in [0.4, 0.5) is 9.59 Å². The first-order valence-electron chi connectivity index (χ1n) is 16.2. The quantitative estimate of drug-likeness (QED) is 0.0591. The van der Waals surface area contributed by atoms with Gasteiger partial charge in [-0.25, -0.2) is 14.6 Å². The van der Waals surface area contributed by atoms with Crippen molar-refractivity contribution in [1.82, 2.24) is 31.7 Å². The van der Waals surface area contributed by atoms with E-state index < -0.39 is 53.6 Å². The highest BCUT2D eigenvalue weighted by Gasteiger charge is 2.32. The number of ether oxygens (including phenoxy) is 2. The van der Waals surface area contributed by atoms with Crippen LogP contribution in [0.1, 0.15) is 79.7 Å².